The van der Waals surface area contributed by atoms with Gasteiger partial charge >= 0.3 is 5.97 Å². The number of rotatable bonds is 5. The third-order valence-corrected chi connectivity index (χ3v) is 5.36. The molecule has 0 aliphatic heterocycles. The Bertz CT molecular complexity index is 1210. The molecule has 0 saturated heterocycles. The van der Waals surface area contributed by atoms with Crippen LogP contribution in [0.1, 0.15) is 28.5 Å². The summed E-state index contributed by atoms with van der Waals surface area (Å²) in [6, 6.07) is 15.4. The molecule has 142 valence electrons. The van der Waals surface area contributed by atoms with Crippen LogP contribution in [0.5, 0.6) is 5.75 Å². The van der Waals surface area contributed by atoms with E-state index in [-0.39, 0.29) is 0 Å². The van der Waals surface area contributed by atoms with Crippen molar-refractivity contribution in [1.29, 1.82) is 0 Å². The zero-order valence-corrected chi connectivity index (χ0v) is 16.3. The summed E-state index contributed by atoms with van der Waals surface area (Å²) >= 11 is 0. The monoisotopic (exact) mass is 375 g/mol. The van der Waals surface area contributed by atoms with Gasteiger partial charge in [0.1, 0.15) is 17.8 Å². The average molecular weight is 375 g/mol. The first-order valence-electron chi connectivity index (χ1n) is 9.34. The number of carbonyl (C=O) groups is 1. The van der Waals surface area contributed by atoms with E-state index in [1.54, 1.807) is 25.3 Å². The number of hydrogen-bond donors (Lipinski definition) is 1. The van der Waals surface area contributed by atoms with E-state index in [0.29, 0.717) is 12.1 Å². The van der Waals surface area contributed by atoms with Crippen LogP contribution >= 0.6 is 0 Å². The van der Waals surface area contributed by atoms with E-state index in [2.05, 4.69) is 41.3 Å². The van der Waals surface area contributed by atoms with E-state index in [1.165, 1.54) is 11.1 Å². The third-order valence-electron chi connectivity index (χ3n) is 5.36. The number of nitrogens with zero attached hydrogens (tertiary/aromatic N) is 2. The summed E-state index contributed by atoms with van der Waals surface area (Å²) in [5.74, 6) is -0.109. The van der Waals surface area contributed by atoms with Crippen molar-refractivity contribution in [3.05, 3.63) is 71.5 Å². The molecule has 2 aromatic heterocycles. The predicted molar refractivity (Wildman–Crippen MR) is 109 cm³/mol. The largest absolute Gasteiger partial charge is 0.497 e. The minimum Gasteiger partial charge on any atom is -0.497 e. The van der Waals surface area contributed by atoms with Crippen molar-refractivity contribution >= 4 is 27.8 Å². The SMILES string of the molecule is CC[n+]1ccc2c3ccc(OC)cc3n(Cc3cccc(C(=O)O)c3)c2c1C. The van der Waals surface area contributed by atoms with Crippen LogP contribution in [0.15, 0.2) is 54.7 Å². The van der Waals surface area contributed by atoms with Crippen LogP contribution in [0.3, 0.4) is 0 Å². The Morgan fingerprint density at radius 1 is 1.14 bits per heavy atom. The number of ether oxygens (including phenoxy) is 1. The Balaban J connectivity index is 2.00. The number of benzene rings is 2. The van der Waals surface area contributed by atoms with E-state index >= 15 is 0 Å². The molecule has 0 fully saturated rings. The third kappa shape index (κ3) is 2.89. The summed E-state index contributed by atoms with van der Waals surface area (Å²) < 4.78 is 9.94. The molecule has 5 heteroatoms. The molecular weight excluding hydrogens is 352 g/mol. The van der Waals surface area contributed by atoms with Gasteiger partial charge in [0.25, 0.3) is 0 Å². The Morgan fingerprint density at radius 3 is 2.68 bits per heavy atom. The second kappa shape index (κ2) is 7.00. The first kappa shape index (κ1) is 18.0. The molecule has 0 unspecified atom stereocenters. The second-order valence-corrected chi connectivity index (χ2v) is 6.92. The van der Waals surface area contributed by atoms with E-state index < -0.39 is 5.97 Å². The number of carboxylic acids is 1. The van der Waals surface area contributed by atoms with Crippen molar-refractivity contribution < 1.29 is 19.2 Å². The lowest BCUT2D eigenvalue weighted by Crippen LogP contribution is -2.35. The molecule has 4 aromatic rings. The average Bonchev–Trinajstić information content (AvgIpc) is 3.02. The predicted octanol–water partition coefficient (Wildman–Crippen LogP) is 4.17. The highest BCUT2D eigenvalue weighted by Crippen LogP contribution is 2.33. The molecule has 1 N–H and O–H groups in total. The fourth-order valence-corrected chi connectivity index (χ4v) is 3.95. The molecule has 5 nitrogen and oxygen atoms in total. The molecule has 0 spiro atoms. The highest BCUT2D eigenvalue weighted by molar-refractivity contribution is 6.08. The van der Waals surface area contributed by atoms with Gasteiger partial charge < -0.3 is 14.4 Å². The van der Waals surface area contributed by atoms with Gasteiger partial charge in [0.2, 0.25) is 5.69 Å². The molecule has 0 aliphatic carbocycles. The fourth-order valence-electron chi connectivity index (χ4n) is 3.95. The molecule has 28 heavy (non-hydrogen) atoms. The first-order chi connectivity index (χ1) is 13.5. The molecule has 0 radical (unpaired) electrons. The van der Waals surface area contributed by atoms with Gasteiger partial charge in [-0.15, -0.1) is 0 Å². The first-order valence-corrected chi connectivity index (χ1v) is 9.34. The highest BCUT2D eigenvalue weighted by atomic mass is 16.5. The van der Waals surface area contributed by atoms with E-state index in [0.717, 1.165) is 34.3 Å². The highest BCUT2D eigenvalue weighted by Gasteiger charge is 2.19. The van der Waals surface area contributed by atoms with Gasteiger partial charge in [-0.05, 0) is 36.8 Å². The number of carboxylic acid groups (broad SMARTS) is 1. The molecule has 2 aromatic carbocycles. The molecular formula is C23H23N2O3+. The summed E-state index contributed by atoms with van der Waals surface area (Å²) in [7, 11) is 1.67. The zero-order valence-electron chi connectivity index (χ0n) is 16.3. The van der Waals surface area contributed by atoms with Crippen molar-refractivity contribution in [2.75, 3.05) is 7.11 Å². The number of aromatic carboxylic acids is 1. The van der Waals surface area contributed by atoms with Crippen LogP contribution in [0.2, 0.25) is 0 Å². The summed E-state index contributed by atoms with van der Waals surface area (Å²) in [6.07, 6.45) is 2.12. The van der Waals surface area contributed by atoms with Crippen LogP contribution < -0.4 is 9.30 Å². The number of pyridine rings is 1. The standard InChI is InChI=1S/C23H22N2O3/c1-4-24-11-10-20-19-9-8-18(28-3)13-21(19)25(22(20)15(24)2)14-16-6-5-7-17(12-16)23(26)27/h5-13H,4,14H2,1-3H3/p+1. The quantitative estimate of drug-likeness (QED) is 0.533. The van der Waals surface area contributed by atoms with Gasteiger partial charge in [-0.2, -0.15) is 0 Å². The summed E-state index contributed by atoms with van der Waals surface area (Å²) in [6.45, 7) is 5.74. The maximum absolute atomic E-state index is 11.4. The van der Waals surface area contributed by atoms with Gasteiger partial charge in [-0.3, -0.25) is 0 Å². The van der Waals surface area contributed by atoms with E-state index in [9.17, 15) is 9.90 Å². The molecule has 0 bridgehead atoms. The normalized spacial score (nSPS) is 11.2. The van der Waals surface area contributed by atoms with Crippen molar-refractivity contribution in [3.8, 4) is 5.75 Å². The molecule has 0 amide bonds. The number of methoxy groups -OCH3 is 1. The van der Waals surface area contributed by atoms with Crippen molar-refractivity contribution in [2.24, 2.45) is 0 Å². The lowest BCUT2D eigenvalue weighted by molar-refractivity contribution is -0.698. The van der Waals surface area contributed by atoms with E-state index in [1.807, 2.05) is 18.2 Å². The van der Waals surface area contributed by atoms with Crippen molar-refractivity contribution in [1.82, 2.24) is 4.57 Å². The van der Waals surface area contributed by atoms with Gasteiger partial charge in [-0.1, -0.05) is 12.1 Å². The Morgan fingerprint density at radius 2 is 1.96 bits per heavy atom. The Kier molecular flexibility index (Phi) is 4.51. The topological polar surface area (TPSA) is 55.3 Å². The molecule has 2 heterocycles. The number of hydrogen-bond acceptors (Lipinski definition) is 2. The molecule has 0 atom stereocenters. The summed E-state index contributed by atoms with van der Waals surface area (Å²) in [5, 5.41) is 11.7. The fraction of sp³-hybridized carbons (Fsp3) is 0.217. The second-order valence-electron chi connectivity index (χ2n) is 6.92. The molecule has 0 aliphatic rings. The minimum absolute atomic E-state index is 0.302. The van der Waals surface area contributed by atoms with Crippen molar-refractivity contribution in [3.63, 3.8) is 0 Å². The lowest BCUT2D eigenvalue weighted by atomic mass is 10.1. The van der Waals surface area contributed by atoms with Crippen LogP contribution in [0, 0.1) is 6.92 Å². The number of fused-ring (bicyclic) bond motifs is 3. The number of aryl methyl sites for hydroxylation is 2. The summed E-state index contributed by atoms with van der Waals surface area (Å²) in [5.41, 5.74) is 4.67. The lowest BCUT2D eigenvalue weighted by Gasteiger charge is -2.10. The van der Waals surface area contributed by atoms with Crippen LogP contribution in [0.25, 0.3) is 21.8 Å². The zero-order chi connectivity index (χ0) is 19.8. The van der Waals surface area contributed by atoms with Gasteiger partial charge in [0, 0.05) is 36.4 Å². The summed E-state index contributed by atoms with van der Waals surface area (Å²) in [4.78, 5) is 11.4. The van der Waals surface area contributed by atoms with Crippen LogP contribution in [0.4, 0.5) is 0 Å². The Hall–Kier alpha value is -3.34. The van der Waals surface area contributed by atoms with Gasteiger partial charge in [0.05, 0.1) is 18.2 Å². The van der Waals surface area contributed by atoms with Crippen LogP contribution in [-0.4, -0.2) is 22.8 Å². The minimum atomic E-state index is -0.911. The van der Waals surface area contributed by atoms with Gasteiger partial charge in [-0.25, -0.2) is 9.36 Å². The van der Waals surface area contributed by atoms with Crippen LogP contribution in [-0.2, 0) is 13.1 Å². The van der Waals surface area contributed by atoms with Crippen molar-refractivity contribution in [2.45, 2.75) is 26.9 Å². The van der Waals surface area contributed by atoms with E-state index in [4.69, 9.17) is 4.74 Å². The molecule has 0 saturated carbocycles. The molecule has 4 rings (SSSR count). The van der Waals surface area contributed by atoms with Gasteiger partial charge in [0.15, 0.2) is 6.20 Å². The smallest absolute Gasteiger partial charge is 0.335 e. The maximum Gasteiger partial charge on any atom is 0.335 e. The maximum atomic E-state index is 11.4. The number of aromatic nitrogens is 2. The Labute approximate surface area is 163 Å².